The van der Waals surface area contributed by atoms with Gasteiger partial charge in [0.2, 0.25) is 5.84 Å². The van der Waals surface area contributed by atoms with Crippen LogP contribution >= 0.6 is 0 Å². The number of aryl methyl sites for hydroxylation is 1. The minimum Gasteiger partial charge on any atom is -0.491 e. The molecule has 1 unspecified atom stereocenters. The Balaban J connectivity index is 1.64. The van der Waals surface area contributed by atoms with Crippen molar-refractivity contribution in [3.8, 4) is 16.9 Å². The van der Waals surface area contributed by atoms with Gasteiger partial charge >= 0.3 is 0 Å². The molecular formula is C25H27N5O3. The second-order valence-electron chi connectivity index (χ2n) is 7.73. The number of amides is 1. The highest BCUT2D eigenvalue weighted by Crippen LogP contribution is 2.31. The lowest BCUT2D eigenvalue weighted by molar-refractivity contribution is -0.112. The van der Waals surface area contributed by atoms with Crippen LogP contribution in [-0.4, -0.2) is 43.2 Å². The Morgan fingerprint density at radius 1 is 1.12 bits per heavy atom. The fraction of sp³-hybridized carbons (Fsp3) is 0.240. The first kappa shape index (κ1) is 22.3. The Bertz CT molecular complexity index is 1150. The number of carbonyl (C=O) groups is 1. The minimum atomic E-state index is -0.608. The van der Waals surface area contributed by atoms with Crippen molar-refractivity contribution in [3.05, 3.63) is 78.0 Å². The molecule has 0 bridgehead atoms. The number of rotatable bonds is 9. The number of carbonyl (C=O) groups excluding carboxylic acids is 1. The van der Waals surface area contributed by atoms with Gasteiger partial charge in [0, 0.05) is 19.7 Å². The monoisotopic (exact) mass is 445 g/mol. The van der Waals surface area contributed by atoms with Crippen molar-refractivity contribution in [1.82, 2.24) is 10.3 Å². The number of nitrogens with zero attached hydrogens (tertiary/aromatic N) is 3. The summed E-state index contributed by atoms with van der Waals surface area (Å²) in [5, 5.41) is 9.26. The number of pyridine rings is 1. The Morgan fingerprint density at radius 3 is 2.70 bits per heavy atom. The number of hydrogen-bond donors (Lipinski definition) is 2. The van der Waals surface area contributed by atoms with E-state index in [0.29, 0.717) is 25.5 Å². The molecule has 0 aliphatic carbocycles. The third-order valence-electron chi connectivity index (χ3n) is 5.37. The number of aromatic nitrogens is 1. The molecule has 2 aromatic carbocycles. The summed E-state index contributed by atoms with van der Waals surface area (Å²) in [4.78, 5) is 16.3. The van der Waals surface area contributed by atoms with Crippen LogP contribution in [0.4, 0.5) is 5.82 Å². The van der Waals surface area contributed by atoms with E-state index in [1.807, 2.05) is 67.6 Å². The molecule has 8 heteroatoms. The number of hydrogen-bond acceptors (Lipinski definition) is 7. The van der Waals surface area contributed by atoms with E-state index in [9.17, 15) is 4.79 Å². The number of nitrogens with two attached hydrogens (primary N) is 1. The molecule has 0 fully saturated rings. The minimum absolute atomic E-state index is 0.118. The zero-order valence-electron chi connectivity index (χ0n) is 18.7. The number of amidine groups is 1. The molecule has 1 aromatic heterocycles. The Hall–Kier alpha value is -3.91. The molecular weight excluding hydrogens is 418 g/mol. The van der Waals surface area contributed by atoms with Gasteiger partial charge in [-0.15, -0.1) is 5.10 Å². The number of primary amides is 1. The van der Waals surface area contributed by atoms with Gasteiger partial charge in [0.1, 0.15) is 18.5 Å². The fourth-order valence-corrected chi connectivity index (χ4v) is 3.69. The lowest BCUT2D eigenvalue weighted by atomic mass is 10.0. The van der Waals surface area contributed by atoms with Crippen LogP contribution in [0.5, 0.6) is 5.75 Å². The molecule has 33 heavy (non-hydrogen) atoms. The van der Waals surface area contributed by atoms with Crippen LogP contribution in [0.15, 0.2) is 72.0 Å². The average molecular weight is 446 g/mol. The molecule has 8 nitrogen and oxygen atoms in total. The lowest BCUT2D eigenvalue weighted by Crippen LogP contribution is -2.43. The second kappa shape index (κ2) is 10.1. The first-order valence-corrected chi connectivity index (χ1v) is 10.7. The van der Waals surface area contributed by atoms with Crippen molar-refractivity contribution in [2.45, 2.75) is 19.5 Å². The highest BCUT2D eigenvalue weighted by molar-refractivity contribution is 6.38. The van der Waals surface area contributed by atoms with Crippen LogP contribution in [0, 0.1) is 6.92 Å². The van der Waals surface area contributed by atoms with Gasteiger partial charge in [-0.3, -0.25) is 4.79 Å². The maximum atomic E-state index is 11.8. The molecule has 4 rings (SSSR count). The first-order chi connectivity index (χ1) is 16.0. The first-order valence-electron chi connectivity index (χ1n) is 10.7. The third-order valence-corrected chi connectivity index (χ3v) is 5.37. The van der Waals surface area contributed by atoms with E-state index in [1.54, 1.807) is 18.3 Å². The second-order valence-corrected chi connectivity index (χ2v) is 7.73. The van der Waals surface area contributed by atoms with E-state index >= 15 is 0 Å². The summed E-state index contributed by atoms with van der Waals surface area (Å²) in [6.45, 7) is 3.05. The van der Waals surface area contributed by atoms with Crippen molar-refractivity contribution in [1.29, 1.82) is 0 Å². The number of nitrogens with one attached hydrogen (secondary N) is 1. The molecule has 2 heterocycles. The Labute approximate surface area is 193 Å². The standard InChI is InChI=1S/C25H27N5O3/c1-17-8-9-20(33-13-12-32-2)16-21(17)19-10-11-27-22(15-19)30-23(28-25(29-30)24(26)31)14-18-6-4-3-5-7-18/h3-11,15-16,23H,12-14H2,1-2H3,(H2,26,31)(H,28,29). The molecule has 170 valence electrons. The van der Waals surface area contributed by atoms with Gasteiger partial charge in [-0.05, 0) is 53.4 Å². The van der Waals surface area contributed by atoms with E-state index < -0.39 is 5.91 Å². The molecule has 0 spiro atoms. The van der Waals surface area contributed by atoms with E-state index in [2.05, 4.69) is 15.4 Å². The SMILES string of the molecule is COCCOc1ccc(C)c(-c2ccnc(N3N=C(C(N)=O)NC3Cc3ccccc3)c2)c1. The maximum Gasteiger partial charge on any atom is 0.286 e. The molecule has 1 aliphatic rings. The zero-order chi connectivity index (χ0) is 23.2. The van der Waals surface area contributed by atoms with Crippen LogP contribution in [0.25, 0.3) is 11.1 Å². The number of ether oxygens (including phenoxy) is 2. The Kier molecular flexibility index (Phi) is 6.85. The van der Waals surface area contributed by atoms with Gasteiger partial charge in [-0.1, -0.05) is 36.4 Å². The Morgan fingerprint density at radius 2 is 1.94 bits per heavy atom. The smallest absolute Gasteiger partial charge is 0.286 e. The summed E-state index contributed by atoms with van der Waals surface area (Å²) in [6, 6.07) is 19.9. The molecule has 3 aromatic rings. The van der Waals surface area contributed by atoms with Crippen molar-refractivity contribution >= 4 is 17.6 Å². The average Bonchev–Trinajstić information content (AvgIpc) is 3.25. The van der Waals surface area contributed by atoms with Crippen LogP contribution in [-0.2, 0) is 16.0 Å². The third kappa shape index (κ3) is 5.30. The van der Waals surface area contributed by atoms with Gasteiger partial charge in [0.15, 0.2) is 5.82 Å². The van der Waals surface area contributed by atoms with Gasteiger partial charge in [0.05, 0.1) is 6.61 Å². The summed E-state index contributed by atoms with van der Waals surface area (Å²) >= 11 is 0. The van der Waals surface area contributed by atoms with E-state index in [0.717, 1.165) is 28.0 Å². The number of methoxy groups -OCH3 is 1. The number of hydrazone groups is 1. The molecule has 0 radical (unpaired) electrons. The summed E-state index contributed by atoms with van der Waals surface area (Å²) in [5.74, 6) is 0.892. The van der Waals surface area contributed by atoms with E-state index in [-0.39, 0.29) is 12.0 Å². The van der Waals surface area contributed by atoms with Gasteiger partial charge < -0.3 is 20.5 Å². The summed E-state index contributed by atoms with van der Waals surface area (Å²) < 4.78 is 10.8. The molecule has 1 amide bonds. The van der Waals surface area contributed by atoms with Gasteiger partial charge in [-0.2, -0.15) is 0 Å². The van der Waals surface area contributed by atoms with Crippen LogP contribution in [0.1, 0.15) is 11.1 Å². The largest absolute Gasteiger partial charge is 0.491 e. The normalized spacial score (nSPS) is 15.2. The zero-order valence-corrected chi connectivity index (χ0v) is 18.7. The van der Waals surface area contributed by atoms with E-state index in [1.165, 1.54) is 0 Å². The quantitative estimate of drug-likeness (QED) is 0.491. The summed E-state index contributed by atoms with van der Waals surface area (Å²) in [5.41, 5.74) is 9.70. The molecule has 0 saturated heterocycles. The number of anilines is 1. The topological polar surface area (TPSA) is 102 Å². The molecule has 1 aliphatic heterocycles. The number of benzene rings is 2. The maximum absolute atomic E-state index is 11.8. The van der Waals surface area contributed by atoms with Crippen LogP contribution in [0.3, 0.4) is 0 Å². The van der Waals surface area contributed by atoms with Crippen molar-refractivity contribution in [2.75, 3.05) is 25.3 Å². The molecule has 0 saturated carbocycles. The van der Waals surface area contributed by atoms with Gasteiger partial charge in [-0.25, -0.2) is 9.99 Å². The molecule has 1 atom stereocenters. The predicted molar refractivity (Wildman–Crippen MR) is 128 cm³/mol. The van der Waals surface area contributed by atoms with Crippen LogP contribution < -0.4 is 20.8 Å². The van der Waals surface area contributed by atoms with Crippen molar-refractivity contribution in [2.24, 2.45) is 10.8 Å². The van der Waals surface area contributed by atoms with Gasteiger partial charge in [0.25, 0.3) is 5.91 Å². The molecule has 3 N–H and O–H groups in total. The van der Waals surface area contributed by atoms with Crippen molar-refractivity contribution in [3.63, 3.8) is 0 Å². The summed E-state index contributed by atoms with van der Waals surface area (Å²) in [7, 11) is 1.65. The summed E-state index contributed by atoms with van der Waals surface area (Å²) in [6.07, 6.45) is 2.07. The lowest BCUT2D eigenvalue weighted by Gasteiger charge is -2.23. The predicted octanol–water partition coefficient (Wildman–Crippen LogP) is 2.86. The van der Waals surface area contributed by atoms with Crippen molar-refractivity contribution < 1.29 is 14.3 Å². The van der Waals surface area contributed by atoms with Crippen LogP contribution in [0.2, 0.25) is 0 Å². The fourth-order valence-electron chi connectivity index (χ4n) is 3.69. The highest BCUT2D eigenvalue weighted by atomic mass is 16.5. The van der Waals surface area contributed by atoms with E-state index in [4.69, 9.17) is 15.2 Å². The highest BCUT2D eigenvalue weighted by Gasteiger charge is 2.30.